The highest BCUT2D eigenvalue weighted by molar-refractivity contribution is 7.12. The Morgan fingerprint density at radius 1 is 1.38 bits per heavy atom. The number of amides is 1. The van der Waals surface area contributed by atoms with Crippen molar-refractivity contribution in [3.63, 3.8) is 0 Å². The van der Waals surface area contributed by atoms with Crippen molar-refractivity contribution in [3.05, 3.63) is 28.0 Å². The number of hydrogen-bond acceptors (Lipinski definition) is 4. The fraction of sp³-hybridized carbons (Fsp3) is 0.500. The molecule has 2 rings (SSSR count). The molecule has 0 aliphatic heterocycles. The topological polar surface area (TPSA) is 55.4 Å². The van der Waals surface area contributed by atoms with Gasteiger partial charge >= 0.3 is 5.97 Å². The zero-order valence-electron chi connectivity index (χ0n) is 13.0. The van der Waals surface area contributed by atoms with Gasteiger partial charge in [-0.05, 0) is 36.6 Å². The van der Waals surface area contributed by atoms with Crippen LogP contribution in [0.1, 0.15) is 37.4 Å². The molecule has 1 N–H and O–H groups in total. The average molecular weight is 307 g/mol. The summed E-state index contributed by atoms with van der Waals surface area (Å²) >= 11 is 1.27. The number of methoxy groups -OCH3 is 1. The SMILES string of the molecule is COC(=O)c1sccc1NC(=O)C1C(C=C(C)C)C1(C)C. The van der Waals surface area contributed by atoms with Crippen molar-refractivity contribution in [3.8, 4) is 0 Å². The van der Waals surface area contributed by atoms with Gasteiger partial charge in [0.05, 0.1) is 18.7 Å². The van der Waals surface area contributed by atoms with Crippen LogP contribution in [0.15, 0.2) is 23.1 Å². The van der Waals surface area contributed by atoms with Gasteiger partial charge in [-0.2, -0.15) is 0 Å². The average Bonchev–Trinajstić information content (AvgIpc) is 2.76. The molecule has 0 spiro atoms. The summed E-state index contributed by atoms with van der Waals surface area (Å²) in [6, 6.07) is 1.74. The Kier molecular flexibility index (Phi) is 4.23. The van der Waals surface area contributed by atoms with Gasteiger partial charge in [0.2, 0.25) is 5.91 Å². The molecule has 0 aromatic carbocycles. The van der Waals surface area contributed by atoms with Crippen molar-refractivity contribution >= 4 is 28.9 Å². The molecule has 0 radical (unpaired) electrons. The lowest BCUT2D eigenvalue weighted by molar-refractivity contribution is -0.118. The van der Waals surface area contributed by atoms with Crippen LogP contribution in [0.5, 0.6) is 0 Å². The first-order chi connectivity index (χ1) is 9.78. The molecule has 1 saturated carbocycles. The summed E-state index contributed by atoms with van der Waals surface area (Å²) in [5.74, 6) is -0.261. The molecule has 4 nitrogen and oxygen atoms in total. The molecule has 1 aliphatic rings. The zero-order chi connectivity index (χ0) is 15.8. The van der Waals surface area contributed by atoms with E-state index in [0.29, 0.717) is 10.6 Å². The molecule has 114 valence electrons. The largest absolute Gasteiger partial charge is 0.465 e. The molecule has 21 heavy (non-hydrogen) atoms. The second-order valence-electron chi connectivity index (χ2n) is 6.21. The Bertz CT molecular complexity index is 596. The van der Waals surface area contributed by atoms with Gasteiger partial charge in [0.25, 0.3) is 0 Å². The van der Waals surface area contributed by atoms with Gasteiger partial charge in [-0.25, -0.2) is 4.79 Å². The van der Waals surface area contributed by atoms with Crippen molar-refractivity contribution in [2.45, 2.75) is 27.7 Å². The molecule has 5 heteroatoms. The Balaban J connectivity index is 2.12. The molecule has 0 bridgehead atoms. The van der Waals surface area contributed by atoms with Crippen LogP contribution in [-0.2, 0) is 9.53 Å². The van der Waals surface area contributed by atoms with Crippen LogP contribution < -0.4 is 5.32 Å². The summed E-state index contributed by atoms with van der Waals surface area (Å²) in [6.45, 7) is 8.27. The minimum absolute atomic E-state index is 0.0361. The highest BCUT2D eigenvalue weighted by atomic mass is 32.1. The summed E-state index contributed by atoms with van der Waals surface area (Å²) < 4.78 is 4.72. The normalized spacial score (nSPS) is 22.3. The number of esters is 1. The number of hydrogen-bond donors (Lipinski definition) is 1. The maximum absolute atomic E-state index is 12.5. The third kappa shape index (κ3) is 3.02. The number of carbonyl (C=O) groups excluding carboxylic acids is 2. The lowest BCUT2D eigenvalue weighted by Gasteiger charge is -2.06. The van der Waals surface area contributed by atoms with Crippen LogP contribution in [0.25, 0.3) is 0 Å². The number of thiophene rings is 1. The van der Waals surface area contributed by atoms with Crippen LogP contribution >= 0.6 is 11.3 Å². The van der Waals surface area contributed by atoms with E-state index >= 15 is 0 Å². The van der Waals surface area contributed by atoms with E-state index in [1.807, 2.05) is 13.8 Å². The highest BCUT2D eigenvalue weighted by Crippen LogP contribution is 2.59. The van der Waals surface area contributed by atoms with Gasteiger partial charge < -0.3 is 10.1 Å². The van der Waals surface area contributed by atoms with E-state index in [1.54, 1.807) is 11.4 Å². The number of carbonyl (C=O) groups is 2. The first-order valence-electron chi connectivity index (χ1n) is 6.90. The lowest BCUT2D eigenvalue weighted by atomic mass is 10.1. The summed E-state index contributed by atoms with van der Waals surface area (Å²) in [4.78, 5) is 24.5. The zero-order valence-corrected chi connectivity index (χ0v) is 13.8. The molecular weight excluding hydrogens is 286 g/mol. The molecule has 2 atom stereocenters. The van der Waals surface area contributed by atoms with E-state index in [-0.39, 0.29) is 23.2 Å². The molecule has 2 unspecified atom stereocenters. The number of allylic oxidation sites excluding steroid dienone is 2. The molecule has 0 saturated heterocycles. The predicted octanol–water partition coefficient (Wildman–Crippen LogP) is 3.71. The minimum atomic E-state index is -0.420. The van der Waals surface area contributed by atoms with E-state index in [2.05, 4.69) is 25.2 Å². The molecule has 1 aromatic heterocycles. The van der Waals surface area contributed by atoms with Gasteiger partial charge in [-0.1, -0.05) is 25.5 Å². The molecule has 1 heterocycles. The van der Waals surface area contributed by atoms with E-state index in [9.17, 15) is 9.59 Å². The maximum Gasteiger partial charge on any atom is 0.350 e. The van der Waals surface area contributed by atoms with Crippen molar-refractivity contribution in [2.75, 3.05) is 12.4 Å². The highest BCUT2D eigenvalue weighted by Gasteiger charge is 2.60. The number of rotatable bonds is 4. The summed E-state index contributed by atoms with van der Waals surface area (Å²) in [5, 5.41) is 4.64. The van der Waals surface area contributed by atoms with E-state index in [0.717, 1.165) is 0 Å². The molecular formula is C16H21NO3S. The fourth-order valence-electron chi connectivity index (χ4n) is 2.72. The van der Waals surface area contributed by atoms with Gasteiger partial charge in [0, 0.05) is 0 Å². The number of ether oxygens (including phenoxy) is 1. The minimum Gasteiger partial charge on any atom is -0.465 e. The number of anilines is 1. The van der Waals surface area contributed by atoms with E-state index < -0.39 is 5.97 Å². The van der Waals surface area contributed by atoms with Gasteiger partial charge in [-0.15, -0.1) is 11.3 Å². The Labute approximate surface area is 129 Å². The van der Waals surface area contributed by atoms with Gasteiger partial charge in [0.15, 0.2) is 0 Å². The first-order valence-corrected chi connectivity index (χ1v) is 7.78. The quantitative estimate of drug-likeness (QED) is 0.681. The Morgan fingerprint density at radius 2 is 2.05 bits per heavy atom. The van der Waals surface area contributed by atoms with Crippen molar-refractivity contribution < 1.29 is 14.3 Å². The first kappa shape index (κ1) is 15.8. The lowest BCUT2D eigenvalue weighted by Crippen LogP contribution is -2.18. The standard InChI is InChI=1S/C16H21NO3S/c1-9(2)8-10-12(16(10,3)4)14(18)17-11-6-7-21-13(11)15(19)20-5/h6-8,10,12H,1-5H3,(H,17,18). The molecule has 1 fully saturated rings. The predicted molar refractivity (Wildman–Crippen MR) is 84.5 cm³/mol. The van der Waals surface area contributed by atoms with Crippen LogP contribution in [0.2, 0.25) is 0 Å². The van der Waals surface area contributed by atoms with Gasteiger partial charge in [-0.3, -0.25) is 4.79 Å². The Morgan fingerprint density at radius 3 is 2.62 bits per heavy atom. The smallest absolute Gasteiger partial charge is 0.350 e. The van der Waals surface area contributed by atoms with Crippen LogP contribution in [-0.4, -0.2) is 19.0 Å². The maximum atomic E-state index is 12.5. The second-order valence-corrected chi connectivity index (χ2v) is 7.13. The fourth-order valence-corrected chi connectivity index (χ4v) is 3.48. The molecule has 1 aromatic rings. The van der Waals surface area contributed by atoms with Crippen LogP contribution in [0.4, 0.5) is 5.69 Å². The second kappa shape index (κ2) is 5.64. The third-order valence-corrected chi connectivity index (χ3v) is 4.89. The Hall–Kier alpha value is -1.62. The third-order valence-electron chi connectivity index (χ3n) is 4.00. The molecule has 1 amide bonds. The van der Waals surface area contributed by atoms with Crippen molar-refractivity contribution in [1.29, 1.82) is 0 Å². The monoisotopic (exact) mass is 307 g/mol. The molecule has 1 aliphatic carbocycles. The van der Waals surface area contributed by atoms with Crippen molar-refractivity contribution in [2.24, 2.45) is 17.3 Å². The van der Waals surface area contributed by atoms with Crippen LogP contribution in [0.3, 0.4) is 0 Å². The van der Waals surface area contributed by atoms with Gasteiger partial charge in [0.1, 0.15) is 4.88 Å². The number of nitrogens with one attached hydrogen (secondary N) is 1. The van der Waals surface area contributed by atoms with Crippen LogP contribution in [0, 0.1) is 17.3 Å². The van der Waals surface area contributed by atoms with Crippen molar-refractivity contribution in [1.82, 2.24) is 0 Å². The van der Waals surface area contributed by atoms with E-state index in [1.165, 1.54) is 24.0 Å². The summed E-state index contributed by atoms with van der Waals surface area (Å²) in [6.07, 6.45) is 2.15. The summed E-state index contributed by atoms with van der Waals surface area (Å²) in [5.41, 5.74) is 1.72. The van der Waals surface area contributed by atoms with E-state index in [4.69, 9.17) is 4.74 Å². The summed E-state index contributed by atoms with van der Waals surface area (Å²) in [7, 11) is 1.34.